The molecule has 0 saturated carbocycles. The zero-order chi connectivity index (χ0) is 28.8. The van der Waals surface area contributed by atoms with E-state index in [1.54, 1.807) is 0 Å². The summed E-state index contributed by atoms with van der Waals surface area (Å²) in [5.41, 5.74) is 23.5. The smallest absolute Gasteiger partial charge is 0.0397 e. The lowest BCUT2D eigenvalue weighted by Gasteiger charge is -2.35. The van der Waals surface area contributed by atoms with E-state index in [-0.39, 0.29) is 0 Å². The third-order valence-electron chi connectivity index (χ3n) is 9.57. The fourth-order valence-corrected chi connectivity index (χ4v) is 7.41. The van der Waals surface area contributed by atoms with Crippen molar-refractivity contribution in [3.8, 4) is 22.3 Å². The summed E-state index contributed by atoms with van der Waals surface area (Å²) in [4.78, 5) is 0. The number of benzene rings is 4. The van der Waals surface area contributed by atoms with Gasteiger partial charge >= 0.3 is 0 Å². The van der Waals surface area contributed by atoms with Crippen LogP contribution in [0, 0.1) is 0 Å². The van der Waals surface area contributed by atoms with Crippen molar-refractivity contribution in [2.24, 2.45) is 0 Å². The maximum Gasteiger partial charge on any atom is 0.0397 e. The van der Waals surface area contributed by atoms with Crippen molar-refractivity contribution in [2.45, 2.75) is 37.5 Å². The maximum absolute atomic E-state index is 6.69. The molecule has 2 N–H and O–H groups in total. The van der Waals surface area contributed by atoms with Gasteiger partial charge in [-0.25, -0.2) is 0 Å². The van der Waals surface area contributed by atoms with E-state index in [1.165, 1.54) is 55.7 Å². The van der Waals surface area contributed by atoms with Crippen LogP contribution in [-0.4, -0.2) is 0 Å². The van der Waals surface area contributed by atoms with Crippen LogP contribution < -0.4 is 5.73 Å². The summed E-state index contributed by atoms with van der Waals surface area (Å²) >= 11 is 0. The maximum atomic E-state index is 6.69. The van der Waals surface area contributed by atoms with Crippen LogP contribution in [0.2, 0.25) is 0 Å². The van der Waals surface area contributed by atoms with Crippen molar-refractivity contribution < 1.29 is 0 Å². The van der Waals surface area contributed by atoms with Crippen molar-refractivity contribution >= 4 is 16.8 Å². The van der Waals surface area contributed by atoms with E-state index < -0.39 is 0 Å². The number of rotatable bonds is 4. The summed E-state index contributed by atoms with van der Waals surface area (Å²) in [5, 5.41) is 0. The van der Waals surface area contributed by atoms with Gasteiger partial charge in [0.15, 0.2) is 0 Å². The van der Waals surface area contributed by atoms with Crippen molar-refractivity contribution in [1.82, 2.24) is 0 Å². The molecule has 4 aliphatic carbocycles. The van der Waals surface area contributed by atoms with Gasteiger partial charge in [-0.15, -0.1) is 0 Å². The fourth-order valence-electron chi connectivity index (χ4n) is 7.41. The molecule has 0 bridgehead atoms. The fraction of sp³-hybridized carbons (Fsp3) is 0.143. The molecule has 4 aromatic carbocycles. The molecule has 0 aromatic heterocycles. The Morgan fingerprint density at radius 3 is 1.74 bits per heavy atom. The Hall–Kier alpha value is -4.88. The van der Waals surface area contributed by atoms with Gasteiger partial charge in [0.1, 0.15) is 0 Å². The number of anilines is 1. The molecule has 1 heteroatoms. The second-order valence-electron chi connectivity index (χ2n) is 12.1. The standard InChI is InChI=1S/C42H35N/c43-42-27-41-36-20-8-7-19-35(36)39-25-34(21-22-37(39)40(41)26-38(42)29-13-5-2-6-14-29)33-18-10-17-32(24-33)31-16-9-15-30(23-31)28-11-3-1-4-12-28/h1-8,11-14,16-17,19-27,35-36H,9-10,15,18,43H2. The van der Waals surface area contributed by atoms with Crippen LogP contribution in [0.5, 0.6) is 0 Å². The predicted molar refractivity (Wildman–Crippen MR) is 183 cm³/mol. The van der Waals surface area contributed by atoms with E-state index in [0.717, 1.165) is 42.5 Å². The molecule has 2 unspecified atom stereocenters. The van der Waals surface area contributed by atoms with E-state index >= 15 is 0 Å². The molecule has 0 amide bonds. The summed E-state index contributed by atoms with van der Waals surface area (Å²) in [6, 6.07) is 33.1. The van der Waals surface area contributed by atoms with Crippen LogP contribution in [0.3, 0.4) is 0 Å². The second-order valence-corrected chi connectivity index (χ2v) is 12.1. The Kier molecular flexibility index (Phi) is 6.45. The minimum atomic E-state index is 0.291. The molecule has 0 saturated heterocycles. The van der Waals surface area contributed by atoms with Gasteiger partial charge in [0, 0.05) is 23.1 Å². The topological polar surface area (TPSA) is 26.0 Å². The Morgan fingerprint density at radius 2 is 1.09 bits per heavy atom. The highest BCUT2D eigenvalue weighted by Crippen LogP contribution is 2.52. The lowest BCUT2D eigenvalue weighted by Crippen LogP contribution is -2.17. The van der Waals surface area contributed by atoms with Crippen LogP contribution in [0.25, 0.3) is 33.4 Å². The van der Waals surface area contributed by atoms with Gasteiger partial charge < -0.3 is 5.73 Å². The molecule has 4 aliphatic rings. The van der Waals surface area contributed by atoms with Crippen molar-refractivity contribution in [1.29, 1.82) is 0 Å². The Balaban J connectivity index is 1.19. The summed E-state index contributed by atoms with van der Waals surface area (Å²) in [7, 11) is 0. The number of nitrogen functional groups attached to an aromatic ring is 1. The minimum absolute atomic E-state index is 0.291. The molecular weight excluding hydrogens is 518 g/mol. The van der Waals surface area contributed by atoms with Crippen molar-refractivity contribution in [3.63, 3.8) is 0 Å². The monoisotopic (exact) mass is 553 g/mol. The zero-order valence-corrected chi connectivity index (χ0v) is 24.3. The summed E-state index contributed by atoms with van der Waals surface area (Å²) < 4.78 is 0. The van der Waals surface area contributed by atoms with Crippen molar-refractivity contribution in [2.75, 3.05) is 5.73 Å². The second kappa shape index (κ2) is 10.7. The quantitative estimate of drug-likeness (QED) is 0.250. The largest absolute Gasteiger partial charge is 0.398 e. The van der Waals surface area contributed by atoms with Gasteiger partial charge in [-0.3, -0.25) is 0 Å². The predicted octanol–water partition coefficient (Wildman–Crippen LogP) is 10.8. The molecule has 43 heavy (non-hydrogen) atoms. The van der Waals surface area contributed by atoms with Crippen LogP contribution in [0.1, 0.15) is 59.8 Å². The summed E-state index contributed by atoms with van der Waals surface area (Å²) in [5.74, 6) is 0.602. The van der Waals surface area contributed by atoms with Gasteiger partial charge in [0.05, 0.1) is 0 Å². The number of hydrogen-bond acceptors (Lipinski definition) is 1. The van der Waals surface area contributed by atoms with Gasteiger partial charge in [-0.2, -0.15) is 0 Å². The van der Waals surface area contributed by atoms with Crippen molar-refractivity contribution in [3.05, 3.63) is 173 Å². The van der Waals surface area contributed by atoms with E-state index in [4.69, 9.17) is 5.73 Å². The minimum Gasteiger partial charge on any atom is -0.398 e. The van der Waals surface area contributed by atoms with Gasteiger partial charge in [-0.05, 0) is 99.1 Å². The summed E-state index contributed by atoms with van der Waals surface area (Å²) in [6.07, 6.45) is 23.2. The molecule has 0 aliphatic heterocycles. The number of allylic oxidation sites excluding steroid dienone is 12. The highest BCUT2D eigenvalue weighted by molar-refractivity contribution is 5.88. The first-order valence-corrected chi connectivity index (χ1v) is 15.6. The first kappa shape index (κ1) is 25.8. The van der Waals surface area contributed by atoms with E-state index in [1.807, 2.05) is 0 Å². The highest BCUT2D eigenvalue weighted by Gasteiger charge is 2.33. The molecule has 0 spiro atoms. The van der Waals surface area contributed by atoms with E-state index in [9.17, 15) is 0 Å². The molecule has 1 nitrogen and oxygen atoms in total. The summed E-state index contributed by atoms with van der Waals surface area (Å²) in [6.45, 7) is 0. The van der Waals surface area contributed by atoms with Crippen LogP contribution in [0.4, 0.5) is 5.69 Å². The molecule has 8 rings (SSSR count). The third kappa shape index (κ3) is 4.66. The van der Waals surface area contributed by atoms with Crippen LogP contribution in [-0.2, 0) is 0 Å². The Morgan fingerprint density at radius 1 is 0.512 bits per heavy atom. The average molecular weight is 554 g/mol. The Labute approximate surface area is 254 Å². The SMILES string of the molecule is Nc1cc2c(cc1-c1ccccc1)-c1ccc(C3=CC(C4=CCCC(c5ccccc5)=C4)=CCC3)cc1C1C=CC=CC21. The zero-order valence-electron chi connectivity index (χ0n) is 24.3. The third-order valence-corrected chi connectivity index (χ3v) is 9.57. The number of nitrogens with two attached hydrogens (primary N) is 1. The van der Waals surface area contributed by atoms with Crippen LogP contribution >= 0.6 is 0 Å². The molecule has 2 atom stereocenters. The molecular formula is C42H35N. The number of hydrogen-bond donors (Lipinski definition) is 1. The first-order chi connectivity index (χ1) is 21.2. The molecule has 4 aromatic rings. The lowest BCUT2D eigenvalue weighted by atomic mass is 9.69. The van der Waals surface area contributed by atoms with E-state index in [0.29, 0.717) is 11.8 Å². The molecule has 0 radical (unpaired) electrons. The lowest BCUT2D eigenvalue weighted by molar-refractivity contribution is 0.720. The van der Waals surface area contributed by atoms with Gasteiger partial charge in [0.25, 0.3) is 0 Å². The van der Waals surface area contributed by atoms with Gasteiger partial charge in [-0.1, -0.05) is 127 Å². The normalized spacial score (nSPS) is 20.2. The highest BCUT2D eigenvalue weighted by atomic mass is 14.6. The molecule has 208 valence electrons. The van der Waals surface area contributed by atoms with Crippen LogP contribution in [0.15, 0.2) is 151 Å². The first-order valence-electron chi connectivity index (χ1n) is 15.6. The number of fused-ring (bicyclic) bond motifs is 6. The molecule has 0 fully saturated rings. The average Bonchev–Trinajstić information content (AvgIpc) is 3.09. The molecule has 0 heterocycles. The van der Waals surface area contributed by atoms with Gasteiger partial charge in [0.2, 0.25) is 0 Å². The Bertz CT molecular complexity index is 1910. The van der Waals surface area contributed by atoms with E-state index in [2.05, 4.69) is 140 Å².